The van der Waals surface area contributed by atoms with Crippen molar-refractivity contribution < 1.29 is 9.53 Å². The second-order valence-electron chi connectivity index (χ2n) is 3.09. The first-order valence-corrected chi connectivity index (χ1v) is 4.43. The molecule has 0 atom stereocenters. The number of rotatable bonds is 4. The van der Waals surface area contributed by atoms with Gasteiger partial charge in [0.25, 0.3) is 0 Å². The van der Waals surface area contributed by atoms with Crippen molar-refractivity contribution in [2.75, 3.05) is 6.61 Å². The molecule has 0 aromatic rings. The number of hydrogen-bond donors (Lipinski definition) is 0. The lowest BCUT2D eigenvalue weighted by Crippen LogP contribution is -1.93. The van der Waals surface area contributed by atoms with Gasteiger partial charge in [0.2, 0.25) is 0 Å². The summed E-state index contributed by atoms with van der Waals surface area (Å²) in [6.07, 6.45) is 3.88. The molecule has 13 heavy (non-hydrogen) atoms. The van der Waals surface area contributed by atoms with Crippen LogP contribution in [0.2, 0.25) is 0 Å². The quantitative estimate of drug-likeness (QED) is 0.375. The molecule has 70 valence electrons. The van der Waals surface area contributed by atoms with Crippen molar-refractivity contribution in [3.05, 3.63) is 29.7 Å². The number of allylic oxidation sites excluding steroid dienone is 1. The maximum Gasteiger partial charge on any atom is 0.158 e. The number of carbonyl (C=O) groups excluding carboxylic acids is 1. The summed E-state index contributed by atoms with van der Waals surface area (Å²) in [6.45, 7) is 5.90. The highest BCUT2D eigenvalue weighted by Crippen LogP contribution is 2.24. The largest absolute Gasteiger partial charge is 0.493 e. The van der Waals surface area contributed by atoms with Crippen molar-refractivity contribution in [2.24, 2.45) is 0 Å². The summed E-state index contributed by atoms with van der Waals surface area (Å²) in [5, 5.41) is 0. The molecule has 2 nitrogen and oxygen atoms in total. The van der Waals surface area contributed by atoms with Crippen LogP contribution in [0.3, 0.4) is 0 Å². The van der Waals surface area contributed by atoms with Crippen LogP contribution < -0.4 is 0 Å². The predicted molar refractivity (Wildman–Crippen MR) is 51.2 cm³/mol. The van der Waals surface area contributed by atoms with Crippen LogP contribution in [0, 0.1) is 0 Å². The first-order chi connectivity index (χ1) is 6.25. The van der Waals surface area contributed by atoms with Gasteiger partial charge in [0.05, 0.1) is 6.61 Å². The van der Waals surface area contributed by atoms with Crippen LogP contribution in [-0.4, -0.2) is 12.4 Å². The molecule has 0 fully saturated rings. The Hall–Kier alpha value is -1.27. The Kier molecular flexibility index (Phi) is 3.53. The van der Waals surface area contributed by atoms with Gasteiger partial charge in [-0.05, 0) is 18.9 Å². The highest BCUT2D eigenvalue weighted by Gasteiger charge is 2.18. The van der Waals surface area contributed by atoms with Crippen LogP contribution in [0.5, 0.6) is 0 Å². The number of Topliss-reactive ketones (excluding diaryl/α,β-unsaturated/α-hetero) is 1. The van der Waals surface area contributed by atoms with Gasteiger partial charge in [-0.1, -0.05) is 17.9 Å². The third-order valence-corrected chi connectivity index (χ3v) is 2.29. The summed E-state index contributed by atoms with van der Waals surface area (Å²) >= 11 is 0. The Morgan fingerprint density at radius 3 is 2.92 bits per heavy atom. The van der Waals surface area contributed by atoms with Gasteiger partial charge < -0.3 is 4.74 Å². The summed E-state index contributed by atoms with van der Waals surface area (Å²) in [5.74, 6) is 0.286. The van der Waals surface area contributed by atoms with Crippen molar-refractivity contribution in [3.8, 4) is 0 Å². The third-order valence-electron chi connectivity index (χ3n) is 2.29. The molecule has 0 unspecified atom stereocenters. The van der Waals surface area contributed by atoms with Crippen LogP contribution in [0.25, 0.3) is 0 Å². The highest BCUT2D eigenvalue weighted by molar-refractivity contribution is 5.98. The van der Waals surface area contributed by atoms with E-state index in [-0.39, 0.29) is 5.78 Å². The molecule has 0 N–H and O–H groups in total. The average Bonchev–Trinajstić information content (AvgIpc) is 2.43. The zero-order chi connectivity index (χ0) is 9.68. The summed E-state index contributed by atoms with van der Waals surface area (Å²) in [7, 11) is 0. The molecule has 2 heteroatoms. The minimum Gasteiger partial charge on any atom is -0.493 e. The summed E-state index contributed by atoms with van der Waals surface area (Å²) in [4.78, 5) is 11.1. The summed E-state index contributed by atoms with van der Waals surface area (Å²) in [6, 6.07) is 0. The van der Waals surface area contributed by atoms with E-state index in [1.165, 1.54) is 11.8 Å². The SMILES string of the molecule is C=C=COCCC1=C(C)C(=O)CC1. The Labute approximate surface area is 78.6 Å². The predicted octanol–water partition coefficient (Wildman–Crippen LogP) is 2.37. The van der Waals surface area contributed by atoms with E-state index >= 15 is 0 Å². The van der Waals surface area contributed by atoms with Gasteiger partial charge >= 0.3 is 0 Å². The van der Waals surface area contributed by atoms with Gasteiger partial charge in [-0.2, -0.15) is 0 Å². The molecule has 0 radical (unpaired) electrons. The van der Waals surface area contributed by atoms with Crippen molar-refractivity contribution in [3.63, 3.8) is 0 Å². The normalized spacial score (nSPS) is 15.9. The maximum atomic E-state index is 11.1. The number of hydrogen-bond acceptors (Lipinski definition) is 2. The minimum absolute atomic E-state index is 0.286. The second-order valence-corrected chi connectivity index (χ2v) is 3.09. The second kappa shape index (κ2) is 4.68. The molecule has 0 saturated heterocycles. The molecule has 0 spiro atoms. The van der Waals surface area contributed by atoms with Crippen LogP contribution in [0.1, 0.15) is 26.2 Å². The monoisotopic (exact) mass is 178 g/mol. The molecule has 1 aliphatic carbocycles. The Bertz CT molecular complexity index is 280. The fourth-order valence-electron chi connectivity index (χ4n) is 1.45. The van der Waals surface area contributed by atoms with Crippen LogP contribution in [0.15, 0.2) is 29.7 Å². The molecule has 0 bridgehead atoms. The zero-order valence-electron chi connectivity index (χ0n) is 7.93. The molecule has 0 saturated carbocycles. The smallest absolute Gasteiger partial charge is 0.158 e. The first-order valence-electron chi connectivity index (χ1n) is 4.43. The van der Waals surface area contributed by atoms with E-state index in [2.05, 4.69) is 12.3 Å². The maximum absolute atomic E-state index is 11.1. The highest BCUT2D eigenvalue weighted by atomic mass is 16.5. The van der Waals surface area contributed by atoms with Crippen molar-refractivity contribution in [1.29, 1.82) is 0 Å². The molecule has 0 aromatic carbocycles. The Morgan fingerprint density at radius 2 is 2.38 bits per heavy atom. The van der Waals surface area contributed by atoms with E-state index in [4.69, 9.17) is 4.74 Å². The van der Waals surface area contributed by atoms with Crippen molar-refractivity contribution in [2.45, 2.75) is 26.2 Å². The fraction of sp³-hybridized carbons (Fsp3) is 0.455. The van der Waals surface area contributed by atoms with E-state index in [9.17, 15) is 4.79 Å². The average molecular weight is 178 g/mol. The molecular weight excluding hydrogens is 164 g/mol. The van der Waals surface area contributed by atoms with E-state index < -0.39 is 0 Å². The number of carbonyl (C=O) groups is 1. The van der Waals surface area contributed by atoms with E-state index in [1.807, 2.05) is 6.92 Å². The topological polar surface area (TPSA) is 26.3 Å². The first kappa shape index (κ1) is 9.82. The van der Waals surface area contributed by atoms with Gasteiger partial charge in [0.15, 0.2) is 5.78 Å². The summed E-state index contributed by atoms with van der Waals surface area (Å²) in [5.41, 5.74) is 4.71. The molecule has 0 aliphatic heterocycles. The molecule has 1 aliphatic rings. The Balaban J connectivity index is 2.37. The zero-order valence-corrected chi connectivity index (χ0v) is 7.93. The molecule has 0 heterocycles. The molecular formula is C11H14O2. The third kappa shape index (κ3) is 2.60. The molecule has 1 rings (SSSR count). The lowest BCUT2D eigenvalue weighted by molar-refractivity contribution is -0.114. The number of ether oxygens (including phenoxy) is 1. The lowest BCUT2D eigenvalue weighted by atomic mass is 10.1. The number of ketones is 1. The minimum atomic E-state index is 0.286. The van der Waals surface area contributed by atoms with E-state index in [0.29, 0.717) is 13.0 Å². The standard InChI is InChI=1S/C11H14O2/c1-3-7-13-8-6-10-4-5-11(12)9(10)2/h7H,1,4-6,8H2,2H3. The van der Waals surface area contributed by atoms with E-state index in [1.54, 1.807) is 0 Å². The van der Waals surface area contributed by atoms with Gasteiger partial charge in [0.1, 0.15) is 6.26 Å². The fourth-order valence-corrected chi connectivity index (χ4v) is 1.45. The Morgan fingerprint density at radius 1 is 1.62 bits per heavy atom. The van der Waals surface area contributed by atoms with E-state index in [0.717, 1.165) is 18.4 Å². The van der Waals surface area contributed by atoms with Gasteiger partial charge in [0, 0.05) is 12.8 Å². The van der Waals surface area contributed by atoms with Gasteiger partial charge in [-0.25, -0.2) is 0 Å². The molecule has 0 amide bonds. The van der Waals surface area contributed by atoms with Crippen LogP contribution in [-0.2, 0) is 9.53 Å². The summed E-state index contributed by atoms with van der Waals surface area (Å²) < 4.78 is 5.08. The van der Waals surface area contributed by atoms with Crippen LogP contribution >= 0.6 is 0 Å². The van der Waals surface area contributed by atoms with Crippen molar-refractivity contribution >= 4 is 5.78 Å². The molecule has 0 aromatic heterocycles. The van der Waals surface area contributed by atoms with Gasteiger partial charge in [-0.15, -0.1) is 0 Å². The van der Waals surface area contributed by atoms with Crippen LogP contribution in [0.4, 0.5) is 0 Å². The van der Waals surface area contributed by atoms with Crippen molar-refractivity contribution in [1.82, 2.24) is 0 Å². The lowest BCUT2D eigenvalue weighted by Gasteiger charge is -2.01. The van der Waals surface area contributed by atoms with Gasteiger partial charge in [-0.3, -0.25) is 4.79 Å².